The number of rotatable bonds is 6. The van der Waals surface area contributed by atoms with Gasteiger partial charge in [-0.1, -0.05) is 48.2 Å². The highest BCUT2D eigenvalue weighted by Crippen LogP contribution is 2.27. The molecule has 0 heterocycles. The summed E-state index contributed by atoms with van der Waals surface area (Å²) in [4.78, 5) is 14.5. The minimum atomic E-state index is -4.06. The Hall–Kier alpha value is -2.61. The average Bonchev–Trinajstić information content (AvgIpc) is 2.69. The maximum atomic E-state index is 12.5. The molecule has 3 aromatic rings. The van der Waals surface area contributed by atoms with Crippen molar-refractivity contribution in [3.63, 3.8) is 0 Å². The third kappa shape index (κ3) is 4.97. The zero-order chi connectivity index (χ0) is 19.3. The molecule has 0 fully saturated rings. The van der Waals surface area contributed by atoms with Gasteiger partial charge in [-0.3, -0.25) is 4.79 Å². The summed E-state index contributed by atoms with van der Waals surface area (Å²) in [7, 11) is -2.79. The summed E-state index contributed by atoms with van der Waals surface area (Å²) in [5, 5.41) is 0.724. The van der Waals surface area contributed by atoms with Gasteiger partial charge in [-0.15, -0.1) is 4.28 Å². The lowest BCUT2D eigenvalue weighted by molar-refractivity contribution is -0.00880. The van der Waals surface area contributed by atoms with Crippen molar-refractivity contribution in [2.75, 3.05) is 7.05 Å². The lowest BCUT2D eigenvalue weighted by atomic mass is 10.2. The van der Waals surface area contributed by atoms with Crippen LogP contribution in [-0.2, 0) is 14.4 Å². The Labute approximate surface area is 162 Å². The zero-order valence-electron chi connectivity index (χ0n) is 14.5. The minimum absolute atomic E-state index is 0.0146. The summed E-state index contributed by atoms with van der Waals surface area (Å²) < 4.78 is 29.3. The monoisotopic (exact) mass is 399 g/mol. The Bertz CT molecular complexity index is 1000. The Kier molecular flexibility index (Phi) is 5.95. The van der Waals surface area contributed by atoms with E-state index < -0.39 is 16.0 Å². The van der Waals surface area contributed by atoms with Crippen molar-refractivity contribution in [3.8, 4) is 0 Å². The van der Waals surface area contributed by atoms with Crippen LogP contribution in [0.15, 0.2) is 99.6 Å². The number of carbonyl (C=O) groups excluding carboxylic acids is 1. The van der Waals surface area contributed by atoms with Gasteiger partial charge >= 0.3 is 10.1 Å². The summed E-state index contributed by atoms with van der Waals surface area (Å²) in [6.45, 7) is 0. The Balaban J connectivity index is 1.68. The van der Waals surface area contributed by atoms with Gasteiger partial charge in [0, 0.05) is 22.4 Å². The molecule has 0 radical (unpaired) electrons. The highest BCUT2D eigenvalue weighted by molar-refractivity contribution is 7.99. The van der Waals surface area contributed by atoms with Crippen LogP contribution < -0.4 is 0 Å². The van der Waals surface area contributed by atoms with E-state index in [9.17, 15) is 13.2 Å². The van der Waals surface area contributed by atoms with Crippen LogP contribution in [0.3, 0.4) is 0 Å². The normalized spacial score (nSPS) is 11.1. The Morgan fingerprint density at radius 1 is 0.815 bits per heavy atom. The van der Waals surface area contributed by atoms with Gasteiger partial charge in [0.1, 0.15) is 0 Å². The van der Waals surface area contributed by atoms with Crippen molar-refractivity contribution in [2.45, 2.75) is 14.7 Å². The van der Waals surface area contributed by atoms with Gasteiger partial charge in [-0.2, -0.15) is 8.42 Å². The number of hydrogen-bond donors (Lipinski definition) is 0. The van der Waals surface area contributed by atoms with Gasteiger partial charge < -0.3 is 0 Å². The molecule has 0 spiro atoms. The van der Waals surface area contributed by atoms with E-state index in [-0.39, 0.29) is 4.90 Å². The standard InChI is InChI=1S/C20H17NO4S2/c1-21(25-27(23,24)19-10-6-3-7-11-19)20(22)16-12-14-18(15-13-16)26-17-8-4-2-5-9-17/h2-15H,1H3. The molecule has 1 amide bonds. The van der Waals surface area contributed by atoms with Crippen molar-refractivity contribution in [3.05, 3.63) is 90.5 Å². The molecule has 0 saturated heterocycles. The molecule has 138 valence electrons. The molecule has 0 unspecified atom stereocenters. The van der Waals surface area contributed by atoms with Crippen LogP contribution in [0.5, 0.6) is 0 Å². The number of carbonyl (C=O) groups is 1. The zero-order valence-corrected chi connectivity index (χ0v) is 16.1. The van der Waals surface area contributed by atoms with Gasteiger partial charge in [0.25, 0.3) is 5.91 Å². The quantitative estimate of drug-likeness (QED) is 0.581. The first-order valence-electron chi connectivity index (χ1n) is 8.06. The first-order chi connectivity index (χ1) is 13.0. The third-order valence-electron chi connectivity index (χ3n) is 3.61. The molecular weight excluding hydrogens is 382 g/mol. The topological polar surface area (TPSA) is 63.7 Å². The van der Waals surface area contributed by atoms with Gasteiger partial charge in [0.05, 0.1) is 4.90 Å². The van der Waals surface area contributed by atoms with E-state index in [0.717, 1.165) is 14.9 Å². The second-order valence-electron chi connectivity index (χ2n) is 5.58. The van der Waals surface area contributed by atoms with Crippen molar-refractivity contribution >= 4 is 27.8 Å². The summed E-state index contributed by atoms with van der Waals surface area (Å²) in [6.07, 6.45) is 0. The van der Waals surface area contributed by atoms with Gasteiger partial charge in [-0.25, -0.2) is 5.06 Å². The van der Waals surface area contributed by atoms with E-state index in [1.807, 2.05) is 42.5 Å². The molecule has 7 heteroatoms. The van der Waals surface area contributed by atoms with Crippen LogP contribution in [-0.4, -0.2) is 26.4 Å². The third-order valence-corrected chi connectivity index (χ3v) is 5.89. The van der Waals surface area contributed by atoms with Crippen LogP contribution in [0, 0.1) is 0 Å². The van der Waals surface area contributed by atoms with Crippen molar-refractivity contribution in [1.29, 1.82) is 0 Å². The molecule has 3 aromatic carbocycles. The largest absolute Gasteiger partial charge is 0.317 e. The molecule has 0 aliphatic carbocycles. The van der Waals surface area contributed by atoms with Gasteiger partial charge in [0.15, 0.2) is 0 Å². The molecule has 0 bridgehead atoms. The van der Waals surface area contributed by atoms with E-state index in [0.29, 0.717) is 5.56 Å². The predicted octanol–water partition coefficient (Wildman–Crippen LogP) is 4.23. The Morgan fingerprint density at radius 2 is 1.33 bits per heavy atom. The molecule has 0 aromatic heterocycles. The molecular formula is C20H17NO4S2. The smallest absolute Gasteiger partial charge is 0.267 e. The fourth-order valence-electron chi connectivity index (χ4n) is 2.28. The van der Waals surface area contributed by atoms with Crippen molar-refractivity contribution < 1.29 is 17.5 Å². The van der Waals surface area contributed by atoms with Gasteiger partial charge in [0.2, 0.25) is 0 Å². The molecule has 3 rings (SSSR count). The highest BCUT2D eigenvalue weighted by atomic mass is 32.2. The molecule has 5 nitrogen and oxygen atoms in total. The molecule has 0 aliphatic rings. The van der Waals surface area contributed by atoms with Crippen molar-refractivity contribution in [1.82, 2.24) is 5.06 Å². The Morgan fingerprint density at radius 3 is 1.93 bits per heavy atom. The van der Waals surface area contributed by atoms with Crippen LogP contribution >= 0.6 is 11.8 Å². The molecule has 0 atom stereocenters. The minimum Gasteiger partial charge on any atom is -0.267 e. The predicted molar refractivity (Wildman–Crippen MR) is 104 cm³/mol. The average molecular weight is 399 g/mol. The van der Waals surface area contributed by atoms with E-state index in [2.05, 4.69) is 0 Å². The summed E-state index contributed by atoms with van der Waals surface area (Å²) >= 11 is 1.57. The number of amides is 1. The lowest BCUT2D eigenvalue weighted by Crippen LogP contribution is -2.30. The lowest BCUT2D eigenvalue weighted by Gasteiger charge is -2.16. The molecule has 0 N–H and O–H groups in total. The molecule has 0 aliphatic heterocycles. The van der Waals surface area contributed by atoms with E-state index in [1.165, 1.54) is 19.2 Å². The SMILES string of the molecule is CN(OS(=O)(=O)c1ccccc1)C(=O)c1ccc(Sc2ccccc2)cc1. The maximum Gasteiger partial charge on any atom is 0.317 e. The fraction of sp³-hybridized carbons (Fsp3) is 0.0500. The van der Waals surface area contributed by atoms with Crippen LogP contribution in [0.1, 0.15) is 10.4 Å². The first kappa shape index (κ1) is 19.2. The summed E-state index contributed by atoms with van der Waals surface area (Å²) in [5.41, 5.74) is 0.332. The van der Waals surface area contributed by atoms with Crippen LogP contribution in [0.2, 0.25) is 0 Å². The molecule has 0 saturated carbocycles. The molecule has 27 heavy (non-hydrogen) atoms. The number of nitrogens with zero attached hydrogens (tertiary/aromatic N) is 1. The first-order valence-corrected chi connectivity index (χ1v) is 10.3. The number of benzene rings is 3. The summed E-state index contributed by atoms with van der Waals surface area (Å²) in [6, 6.07) is 24.4. The van der Waals surface area contributed by atoms with E-state index >= 15 is 0 Å². The second-order valence-corrected chi connectivity index (χ2v) is 8.26. The van der Waals surface area contributed by atoms with E-state index in [4.69, 9.17) is 4.28 Å². The van der Waals surface area contributed by atoms with E-state index in [1.54, 1.807) is 42.1 Å². The van der Waals surface area contributed by atoms with Gasteiger partial charge in [-0.05, 0) is 48.5 Å². The highest BCUT2D eigenvalue weighted by Gasteiger charge is 2.22. The second kappa shape index (κ2) is 8.39. The van der Waals surface area contributed by atoms with Crippen LogP contribution in [0.25, 0.3) is 0 Å². The number of hydrogen-bond acceptors (Lipinski definition) is 5. The maximum absolute atomic E-state index is 12.5. The summed E-state index contributed by atoms with van der Waals surface area (Å²) in [5.74, 6) is -0.550. The fourth-order valence-corrected chi connectivity index (χ4v) is 4.06. The van der Waals surface area contributed by atoms with Crippen molar-refractivity contribution in [2.24, 2.45) is 0 Å². The van der Waals surface area contributed by atoms with Crippen LogP contribution in [0.4, 0.5) is 0 Å². The number of hydroxylamine groups is 2.